The molecule has 0 aliphatic rings. The zero-order chi connectivity index (χ0) is 21.0. The molecule has 0 unspecified atom stereocenters. The lowest BCUT2D eigenvalue weighted by Gasteiger charge is -2.12. The molecule has 0 atom stereocenters. The maximum absolute atomic E-state index is 12.6. The normalized spacial score (nSPS) is 11.1. The third-order valence-corrected chi connectivity index (χ3v) is 5.74. The number of nitrogens with one attached hydrogen (secondary N) is 2. The SMILES string of the molecule is COc1ccccc1NS(=O)(=O)c1ccc(C(=O)NCc2cc(C)oc2C)cc1. The first-order valence-electron chi connectivity index (χ1n) is 8.90. The van der Waals surface area contributed by atoms with Gasteiger partial charge in [0.2, 0.25) is 0 Å². The van der Waals surface area contributed by atoms with Crippen LogP contribution in [0.3, 0.4) is 0 Å². The predicted octanol–water partition coefficient (Wildman–Crippen LogP) is 3.64. The molecular formula is C21H22N2O5S. The predicted molar refractivity (Wildman–Crippen MR) is 110 cm³/mol. The van der Waals surface area contributed by atoms with E-state index >= 15 is 0 Å². The number of anilines is 1. The zero-order valence-corrected chi connectivity index (χ0v) is 17.2. The number of benzene rings is 2. The number of rotatable bonds is 7. The lowest BCUT2D eigenvalue weighted by molar-refractivity contribution is 0.0950. The second kappa shape index (κ2) is 8.40. The van der Waals surface area contributed by atoms with Gasteiger partial charge in [-0.05, 0) is 56.3 Å². The Kier molecular flexibility index (Phi) is 5.93. The van der Waals surface area contributed by atoms with Crippen molar-refractivity contribution in [2.45, 2.75) is 25.3 Å². The number of ether oxygens (including phenoxy) is 1. The smallest absolute Gasteiger partial charge is 0.262 e. The Labute approximate surface area is 169 Å². The Balaban J connectivity index is 1.70. The van der Waals surface area contributed by atoms with Crippen LogP contribution in [-0.2, 0) is 16.6 Å². The molecule has 0 aliphatic carbocycles. The molecule has 2 aromatic carbocycles. The van der Waals surface area contributed by atoms with Crippen LogP contribution in [0.25, 0.3) is 0 Å². The Bertz CT molecular complexity index is 1120. The van der Waals surface area contributed by atoms with Gasteiger partial charge in [0.15, 0.2) is 0 Å². The van der Waals surface area contributed by atoms with E-state index in [1.807, 2.05) is 19.9 Å². The number of aryl methyl sites for hydroxylation is 2. The highest BCUT2D eigenvalue weighted by Crippen LogP contribution is 2.26. The molecule has 2 N–H and O–H groups in total. The number of hydrogen-bond acceptors (Lipinski definition) is 5. The van der Waals surface area contributed by atoms with Crippen molar-refractivity contribution in [2.24, 2.45) is 0 Å². The van der Waals surface area contributed by atoms with Gasteiger partial charge in [0.05, 0.1) is 17.7 Å². The first-order valence-corrected chi connectivity index (χ1v) is 10.4. The Morgan fingerprint density at radius 2 is 1.76 bits per heavy atom. The molecule has 0 spiro atoms. The molecule has 0 bridgehead atoms. The minimum atomic E-state index is -3.82. The lowest BCUT2D eigenvalue weighted by Crippen LogP contribution is -2.23. The summed E-state index contributed by atoms with van der Waals surface area (Å²) in [5.74, 6) is 1.65. The second-order valence-electron chi connectivity index (χ2n) is 6.45. The van der Waals surface area contributed by atoms with E-state index in [0.29, 0.717) is 23.5 Å². The maximum Gasteiger partial charge on any atom is 0.262 e. The molecule has 8 heteroatoms. The van der Waals surface area contributed by atoms with Crippen molar-refractivity contribution in [3.63, 3.8) is 0 Å². The van der Waals surface area contributed by atoms with E-state index in [1.54, 1.807) is 24.3 Å². The van der Waals surface area contributed by atoms with Gasteiger partial charge in [0.25, 0.3) is 15.9 Å². The third kappa shape index (κ3) is 4.78. The highest BCUT2D eigenvalue weighted by molar-refractivity contribution is 7.92. The van der Waals surface area contributed by atoms with Crippen molar-refractivity contribution in [1.82, 2.24) is 5.32 Å². The fourth-order valence-electron chi connectivity index (χ4n) is 2.85. The fraction of sp³-hybridized carbons (Fsp3) is 0.190. The molecule has 0 aliphatic heterocycles. The number of furan rings is 1. The van der Waals surface area contributed by atoms with Crippen molar-refractivity contribution in [3.05, 3.63) is 77.2 Å². The molecule has 0 radical (unpaired) electrons. The number of methoxy groups -OCH3 is 1. The summed E-state index contributed by atoms with van der Waals surface area (Å²) in [7, 11) is -2.36. The number of hydrogen-bond donors (Lipinski definition) is 2. The van der Waals surface area contributed by atoms with Crippen molar-refractivity contribution in [3.8, 4) is 5.75 Å². The van der Waals surface area contributed by atoms with Gasteiger partial charge in [0, 0.05) is 17.7 Å². The number of carbonyl (C=O) groups is 1. The van der Waals surface area contributed by atoms with E-state index in [1.165, 1.54) is 31.4 Å². The van der Waals surface area contributed by atoms with Crippen LogP contribution in [0.1, 0.15) is 27.4 Å². The molecule has 29 heavy (non-hydrogen) atoms. The van der Waals surface area contributed by atoms with Crippen LogP contribution < -0.4 is 14.8 Å². The summed E-state index contributed by atoms with van der Waals surface area (Å²) < 4.78 is 38.3. The van der Waals surface area contributed by atoms with Crippen molar-refractivity contribution in [2.75, 3.05) is 11.8 Å². The van der Waals surface area contributed by atoms with Gasteiger partial charge in [0.1, 0.15) is 17.3 Å². The van der Waals surface area contributed by atoms with E-state index in [4.69, 9.17) is 9.15 Å². The fourth-order valence-corrected chi connectivity index (χ4v) is 3.93. The van der Waals surface area contributed by atoms with E-state index < -0.39 is 10.0 Å². The van der Waals surface area contributed by atoms with E-state index in [-0.39, 0.29) is 10.8 Å². The van der Waals surface area contributed by atoms with Gasteiger partial charge in [-0.2, -0.15) is 0 Å². The number of sulfonamides is 1. The van der Waals surface area contributed by atoms with Crippen LogP contribution in [0, 0.1) is 13.8 Å². The third-order valence-electron chi connectivity index (χ3n) is 4.36. The molecule has 0 saturated heterocycles. The summed E-state index contributed by atoms with van der Waals surface area (Å²) in [4.78, 5) is 12.4. The van der Waals surface area contributed by atoms with Crippen LogP contribution in [0.15, 0.2) is 63.9 Å². The number of para-hydroxylation sites is 2. The van der Waals surface area contributed by atoms with Gasteiger partial charge in [-0.25, -0.2) is 8.42 Å². The summed E-state index contributed by atoms with van der Waals surface area (Å²) in [6.07, 6.45) is 0. The summed E-state index contributed by atoms with van der Waals surface area (Å²) in [5, 5.41) is 2.80. The molecule has 1 heterocycles. The molecule has 0 fully saturated rings. The Morgan fingerprint density at radius 1 is 1.07 bits per heavy atom. The van der Waals surface area contributed by atoms with Crippen LogP contribution in [0.4, 0.5) is 5.69 Å². The largest absolute Gasteiger partial charge is 0.495 e. The molecule has 152 valence electrons. The molecule has 0 saturated carbocycles. The molecule has 1 amide bonds. The van der Waals surface area contributed by atoms with Crippen LogP contribution >= 0.6 is 0 Å². The highest BCUT2D eigenvalue weighted by atomic mass is 32.2. The average Bonchev–Trinajstić information content (AvgIpc) is 3.03. The van der Waals surface area contributed by atoms with Gasteiger partial charge in [-0.3, -0.25) is 9.52 Å². The van der Waals surface area contributed by atoms with Crippen molar-refractivity contribution >= 4 is 21.6 Å². The zero-order valence-electron chi connectivity index (χ0n) is 16.4. The van der Waals surface area contributed by atoms with Gasteiger partial charge < -0.3 is 14.5 Å². The first-order chi connectivity index (χ1) is 13.8. The quantitative estimate of drug-likeness (QED) is 0.615. The minimum absolute atomic E-state index is 0.0428. The van der Waals surface area contributed by atoms with E-state index in [2.05, 4.69) is 10.0 Å². The van der Waals surface area contributed by atoms with Gasteiger partial charge in [-0.1, -0.05) is 12.1 Å². The first kappa shape index (κ1) is 20.5. The van der Waals surface area contributed by atoms with E-state index in [9.17, 15) is 13.2 Å². The average molecular weight is 414 g/mol. The van der Waals surface area contributed by atoms with Crippen molar-refractivity contribution in [1.29, 1.82) is 0 Å². The molecule has 3 aromatic rings. The Morgan fingerprint density at radius 3 is 2.38 bits per heavy atom. The standard InChI is InChI=1S/C21H22N2O5S/c1-14-12-17(15(2)28-14)13-22-21(24)16-8-10-18(11-9-16)29(25,26)23-19-6-4-5-7-20(19)27-3/h4-12,23H,13H2,1-3H3,(H,22,24). The molecule has 1 aromatic heterocycles. The maximum atomic E-state index is 12.6. The number of carbonyl (C=O) groups excluding carboxylic acids is 1. The van der Waals surface area contributed by atoms with Gasteiger partial charge in [-0.15, -0.1) is 0 Å². The van der Waals surface area contributed by atoms with Crippen molar-refractivity contribution < 1.29 is 22.4 Å². The minimum Gasteiger partial charge on any atom is -0.495 e. The topological polar surface area (TPSA) is 97.6 Å². The van der Waals surface area contributed by atoms with Crippen LogP contribution in [0.5, 0.6) is 5.75 Å². The number of amides is 1. The van der Waals surface area contributed by atoms with Crippen LogP contribution in [-0.4, -0.2) is 21.4 Å². The van der Waals surface area contributed by atoms with Gasteiger partial charge >= 0.3 is 0 Å². The lowest BCUT2D eigenvalue weighted by atomic mass is 10.2. The Hall–Kier alpha value is -3.26. The summed E-state index contributed by atoms with van der Waals surface area (Å²) in [5.41, 5.74) is 1.60. The van der Waals surface area contributed by atoms with Crippen LogP contribution in [0.2, 0.25) is 0 Å². The summed E-state index contributed by atoms with van der Waals surface area (Å²) in [6, 6.07) is 14.3. The second-order valence-corrected chi connectivity index (χ2v) is 8.13. The monoisotopic (exact) mass is 414 g/mol. The highest BCUT2D eigenvalue weighted by Gasteiger charge is 2.17. The molecular weight excluding hydrogens is 392 g/mol. The molecule has 7 nitrogen and oxygen atoms in total. The van der Waals surface area contributed by atoms with E-state index in [0.717, 1.165) is 17.1 Å². The summed E-state index contributed by atoms with van der Waals surface area (Å²) >= 11 is 0. The molecule has 3 rings (SSSR count). The summed E-state index contributed by atoms with van der Waals surface area (Å²) in [6.45, 7) is 4.01.